The van der Waals surface area contributed by atoms with Gasteiger partial charge in [0.15, 0.2) is 11.3 Å². The number of benzene rings is 3. The van der Waals surface area contributed by atoms with E-state index in [2.05, 4.69) is 76.4 Å². The zero-order valence-electron chi connectivity index (χ0n) is 37.8. The fraction of sp³-hybridized carbons (Fsp3) is 0.340. The maximum atomic E-state index is 14.7. The monoisotopic (exact) mass is 924 g/mol. The molecule has 0 amide bonds. The predicted molar refractivity (Wildman–Crippen MR) is 262 cm³/mol. The van der Waals surface area contributed by atoms with E-state index in [1.165, 1.54) is 33.0 Å². The zero-order chi connectivity index (χ0) is 46.8. The number of unbranched alkanes of at least 4 members (excludes halogenated alkanes) is 6. The van der Waals surface area contributed by atoms with Crippen molar-refractivity contribution in [3.05, 3.63) is 112 Å². The lowest BCUT2D eigenvalue weighted by Crippen LogP contribution is -2.43. The number of rotatable bonds is 17. The van der Waals surface area contributed by atoms with Crippen LogP contribution in [-0.2, 0) is 24.4 Å². The van der Waals surface area contributed by atoms with Crippen LogP contribution in [0.2, 0.25) is 0 Å². The van der Waals surface area contributed by atoms with Gasteiger partial charge >= 0.3 is 6.18 Å². The van der Waals surface area contributed by atoms with Gasteiger partial charge in [-0.2, -0.15) is 29.0 Å². The average molecular weight is 925 g/mol. The summed E-state index contributed by atoms with van der Waals surface area (Å²) in [5.41, 5.74) is 3.06. The van der Waals surface area contributed by atoms with Gasteiger partial charge in [-0.05, 0) is 67.8 Å². The van der Waals surface area contributed by atoms with Gasteiger partial charge in [-0.3, -0.25) is 0 Å². The van der Waals surface area contributed by atoms with Gasteiger partial charge in [0, 0.05) is 70.6 Å². The highest BCUT2D eigenvalue weighted by molar-refractivity contribution is 7.23. The van der Waals surface area contributed by atoms with Crippen molar-refractivity contribution in [1.82, 2.24) is 9.13 Å². The first-order valence-electron chi connectivity index (χ1n) is 22.5. The minimum absolute atomic E-state index is 0.452. The molecular formula is C53H51F3N6O2S2. The van der Waals surface area contributed by atoms with Crippen molar-refractivity contribution in [1.29, 1.82) is 15.8 Å². The van der Waals surface area contributed by atoms with Crippen LogP contribution in [0.1, 0.15) is 82.6 Å². The molecule has 8 nitrogen and oxygen atoms in total. The topological polar surface area (TPSA) is 103 Å². The number of aromatic nitrogens is 2. The maximum absolute atomic E-state index is 14.7. The zero-order valence-corrected chi connectivity index (χ0v) is 39.4. The molecule has 338 valence electrons. The molecule has 0 bridgehead atoms. The van der Waals surface area contributed by atoms with Gasteiger partial charge in [0.05, 0.1) is 31.5 Å². The van der Waals surface area contributed by atoms with Gasteiger partial charge in [0.2, 0.25) is 5.60 Å². The minimum atomic E-state index is -4.95. The fourth-order valence-electron chi connectivity index (χ4n) is 8.86. The second-order valence-corrected chi connectivity index (χ2v) is 19.3. The maximum Gasteiger partial charge on any atom is 0.432 e. The Balaban J connectivity index is 1.28. The number of hydrogen-bond acceptors (Lipinski definition) is 8. The molecule has 7 aromatic rings. The van der Waals surface area contributed by atoms with Crippen LogP contribution >= 0.6 is 22.7 Å². The largest absolute Gasteiger partial charge is 0.488 e. The third-order valence-corrected chi connectivity index (χ3v) is 14.8. The molecule has 0 saturated heterocycles. The van der Waals surface area contributed by atoms with Crippen LogP contribution in [0.3, 0.4) is 0 Å². The lowest BCUT2D eigenvalue weighted by atomic mass is 9.92. The van der Waals surface area contributed by atoms with E-state index in [4.69, 9.17) is 9.47 Å². The minimum Gasteiger partial charge on any atom is -0.488 e. The molecule has 0 spiro atoms. The lowest BCUT2D eigenvalue weighted by Gasteiger charge is -2.28. The molecule has 8 rings (SSSR count). The molecule has 0 radical (unpaired) electrons. The smallest absolute Gasteiger partial charge is 0.432 e. The molecule has 0 saturated carbocycles. The molecule has 1 aliphatic rings. The Morgan fingerprint density at radius 3 is 1.97 bits per heavy atom. The average Bonchev–Trinajstić information content (AvgIpc) is 4.11. The first-order chi connectivity index (χ1) is 31.8. The summed E-state index contributed by atoms with van der Waals surface area (Å²) >= 11 is 3.27. The predicted octanol–water partition coefficient (Wildman–Crippen LogP) is 15.0. The number of aryl methyl sites for hydroxylation is 2. The molecule has 0 aliphatic carbocycles. The van der Waals surface area contributed by atoms with Crippen LogP contribution in [-0.4, -0.2) is 35.0 Å². The van der Waals surface area contributed by atoms with Crippen molar-refractivity contribution < 1.29 is 22.6 Å². The Kier molecular flexibility index (Phi) is 13.4. The Labute approximate surface area is 391 Å². The Morgan fingerprint density at radius 2 is 1.39 bits per heavy atom. The highest BCUT2D eigenvalue weighted by Gasteiger charge is 2.60. The van der Waals surface area contributed by atoms with Crippen molar-refractivity contribution in [2.45, 2.75) is 104 Å². The summed E-state index contributed by atoms with van der Waals surface area (Å²) < 4.78 is 63.0. The van der Waals surface area contributed by atoms with Gasteiger partial charge in [-0.25, -0.2) is 0 Å². The summed E-state index contributed by atoms with van der Waals surface area (Å²) in [5.74, 6) is 0.173. The summed E-state index contributed by atoms with van der Waals surface area (Å²) in [6.45, 7) is 7.30. The summed E-state index contributed by atoms with van der Waals surface area (Å²) in [7, 11) is 4.07. The van der Waals surface area contributed by atoms with Gasteiger partial charge in [-0.1, -0.05) is 88.8 Å². The fourth-order valence-corrected chi connectivity index (χ4v) is 11.2. The number of alkyl halides is 3. The Morgan fingerprint density at radius 1 is 0.773 bits per heavy atom. The Hall–Kier alpha value is -6.46. The molecule has 13 heteroatoms. The number of anilines is 1. The standard InChI is InChI=1S/C53H51F3N6O2S2/c1-6-8-10-15-23-61-43-28-40-44(27-39(43)50-45(61)26-37(65-50)20-22-42-41(32-59)49(35(30-57)31-58)64-52(42,3)53(54,55)56)62(24-16-11-9-7-2)46-29-48(66-51(40)46)38-21-19-36(60(4)5)25-47(38)63-33-34-17-13-12-14-18-34/h12-14,17-22,25-29H,6-11,15-16,23-24,33H2,1-5H3/b22-20+. The van der Waals surface area contributed by atoms with Crippen molar-refractivity contribution >= 4 is 76.7 Å². The number of thiophene rings is 2. The molecule has 5 heterocycles. The summed E-state index contributed by atoms with van der Waals surface area (Å²) in [5, 5.41) is 31.3. The SMILES string of the molecule is CCCCCCn1c2cc3c4sc(-c5ccc(N(C)C)cc5OCc5ccccc5)cc4n(CCCCCC)c3cc2c2sc(/C=C/C3=C(C#N)C(=C(C#N)C#N)OC3(C)C(F)(F)F)cc21. The molecule has 3 aromatic carbocycles. The van der Waals surface area contributed by atoms with E-state index in [0.29, 0.717) is 11.5 Å². The number of allylic oxidation sites excluding steroid dienone is 2. The number of ether oxygens (including phenoxy) is 2. The second-order valence-electron chi connectivity index (χ2n) is 17.1. The van der Waals surface area contributed by atoms with E-state index < -0.39 is 34.3 Å². The van der Waals surface area contributed by atoms with Crippen LogP contribution in [0.25, 0.3) is 58.8 Å². The Bertz CT molecular complexity index is 3160. The third kappa shape index (κ3) is 8.57. The number of halogens is 3. The van der Waals surface area contributed by atoms with E-state index in [1.54, 1.807) is 35.6 Å². The second kappa shape index (κ2) is 19.2. The quantitative estimate of drug-likeness (QED) is 0.0666. The first kappa shape index (κ1) is 46.1. The molecule has 1 atom stereocenters. The lowest BCUT2D eigenvalue weighted by molar-refractivity contribution is -0.236. The molecule has 66 heavy (non-hydrogen) atoms. The summed E-state index contributed by atoms with van der Waals surface area (Å²) in [6.07, 6.45) is 6.56. The summed E-state index contributed by atoms with van der Waals surface area (Å²) in [6, 6.07) is 30.5. The van der Waals surface area contributed by atoms with Crippen molar-refractivity contribution in [2.75, 3.05) is 19.0 Å². The van der Waals surface area contributed by atoms with E-state index in [-0.39, 0.29) is 0 Å². The number of nitrogens with zero attached hydrogens (tertiary/aromatic N) is 6. The first-order valence-corrected chi connectivity index (χ1v) is 24.1. The van der Waals surface area contributed by atoms with Gasteiger partial charge in [0.25, 0.3) is 0 Å². The van der Waals surface area contributed by atoms with Gasteiger partial charge in [-0.15, -0.1) is 22.7 Å². The highest BCUT2D eigenvalue weighted by Crippen LogP contribution is 2.50. The van der Waals surface area contributed by atoms with E-state index in [9.17, 15) is 29.0 Å². The molecule has 0 N–H and O–H groups in total. The molecule has 1 aliphatic heterocycles. The van der Waals surface area contributed by atoms with E-state index in [1.807, 2.05) is 38.4 Å². The van der Waals surface area contributed by atoms with Crippen LogP contribution in [0, 0.1) is 34.0 Å². The van der Waals surface area contributed by atoms with Crippen molar-refractivity contribution in [3.8, 4) is 34.4 Å². The van der Waals surface area contributed by atoms with Crippen LogP contribution in [0.4, 0.5) is 18.9 Å². The van der Waals surface area contributed by atoms with Crippen LogP contribution in [0.5, 0.6) is 5.75 Å². The third-order valence-electron chi connectivity index (χ3n) is 12.5. The van der Waals surface area contributed by atoms with Crippen LogP contribution < -0.4 is 9.64 Å². The van der Waals surface area contributed by atoms with Crippen molar-refractivity contribution in [2.24, 2.45) is 0 Å². The molecule has 1 unspecified atom stereocenters. The summed E-state index contributed by atoms with van der Waals surface area (Å²) in [4.78, 5) is 3.91. The number of nitriles is 3. The van der Waals surface area contributed by atoms with Gasteiger partial charge in [0.1, 0.15) is 36.1 Å². The van der Waals surface area contributed by atoms with E-state index in [0.717, 1.165) is 125 Å². The normalized spacial score (nSPS) is 15.3. The van der Waals surface area contributed by atoms with E-state index >= 15 is 0 Å². The van der Waals surface area contributed by atoms with Gasteiger partial charge < -0.3 is 23.5 Å². The van der Waals surface area contributed by atoms with Crippen LogP contribution in [0.15, 0.2) is 101 Å². The highest BCUT2D eigenvalue weighted by atomic mass is 32.1. The molecule has 4 aromatic heterocycles. The molecular weight excluding hydrogens is 874 g/mol. The number of hydrogen-bond donors (Lipinski definition) is 0. The molecule has 0 fully saturated rings. The number of fused-ring (bicyclic) bond motifs is 6. The van der Waals surface area contributed by atoms with Crippen molar-refractivity contribution in [3.63, 3.8) is 0 Å².